The average Bonchev–Trinajstić information content (AvgIpc) is 2.89. The Morgan fingerprint density at radius 3 is 2.57 bits per heavy atom. The molecule has 3 nitrogen and oxygen atoms in total. The SMILES string of the molecule is C=N/C=C/C(C)=N\N1c2ccccc21. The van der Waals surface area contributed by atoms with Crippen molar-refractivity contribution in [2.45, 2.75) is 6.92 Å². The third kappa shape index (κ3) is 1.57. The highest BCUT2D eigenvalue weighted by molar-refractivity contribution is 5.99. The molecule has 1 aromatic rings. The summed E-state index contributed by atoms with van der Waals surface area (Å²) in [5, 5.41) is 6.27. The first-order valence-corrected chi connectivity index (χ1v) is 4.39. The van der Waals surface area contributed by atoms with Gasteiger partial charge in [-0.15, -0.1) is 0 Å². The molecule has 1 aromatic carbocycles. The number of hydrogen-bond acceptors (Lipinski definition) is 3. The van der Waals surface area contributed by atoms with Crippen molar-refractivity contribution < 1.29 is 0 Å². The largest absolute Gasteiger partial charge is 0.272 e. The Hall–Kier alpha value is -1.90. The molecule has 0 saturated heterocycles. The van der Waals surface area contributed by atoms with Gasteiger partial charge < -0.3 is 0 Å². The van der Waals surface area contributed by atoms with Gasteiger partial charge in [0.25, 0.3) is 0 Å². The Kier molecular flexibility index (Phi) is 2.14. The molecule has 0 bridgehead atoms. The van der Waals surface area contributed by atoms with Crippen LogP contribution in [-0.2, 0) is 0 Å². The topological polar surface area (TPSA) is 27.7 Å². The van der Waals surface area contributed by atoms with Crippen LogP contribution in [0.2, 0.25) is 0 Å². The Morgan fingerprint density at radius 2 is 2.00 bits per heavy atom. The highest BCUT2D eigenvalue weighted by atomic mass is 15.5. The van der Waals surface area contributed by atoms with E-state index in [1.165, 1.54) is 11.4 Å². The molecular formula is C11H11N3. The molecule has 1 aliphatic rings. The highest BCUT2D eigenvalue weighted by Crippen LogP contribution is 2.47. The number of nitrogens with zero attached hydrogens (tertiary/aromatic N) is 3. The van der Waals surface area contributed by atoms with Crippen molar-refractivity contribution in [2.24, 2.45) is 10.1 Å². The predicted molar refractivity (Wildman–Crippen MR) is 60.4 cm³/mol. The number of aliphatic imine (C=N–C) groups is 1. The molecule has 0 unspecified atom stereocenters. The second-order valence-corrected chi connectivity index (χ2v) is 3.04. The summed E-state index contributed by atoms with van der Waals surface area (Å²) < 4.78 is 0. The number of anilines is 2. The van der Waals surface area contributed by atoms with E-state index in [0.717, 1.165) is 5.71 Å². The fourth-order valence-corrected chi connectivity index (χ4v) is 1.25. The van der Waals surface area contributed by atoms with Crippen LogP contribution in [0.15, 0.2) is 46.6 Å². The van der Waals surface area contributed by atoms with Crippen LogP contribution >= 0.6 is 0 Å². The van der Waals surface area contributed by atoms with E-state index in [-0.39, 0.29) is 0 Å². The van der Waals surface area contributed by atoms with E-state index < -0.39 is 0 Å². The van der Waals surface area contributed by atoms with Crippen LogP contribution in [0.3, 0.4) is 0 Å². The van der Waals surface area contributed by atoms with Crippen molar-refractivity contribution in [1.82, 2.24) is 0 Å². The van der Waals surface area contributed by atoms with Crippen LogP contribution in [0.25, 0.3) is 0 Å². The molecule has 14 heavy (non-hydrogen) atoms. The van der Waals surface area contributed by atoms with Crippen molar-refractivity contribution in [3.63, 3.8) is 0 Å². The molecule has 0 N–H and O–H groups in total. The quantitative estimate of drug-likeness (QED) is 0.525. The molecule has 0 saturated carbocycles. The molecule has 0 radical (unpaired) electrons. The molecule has 1 aliphatic heterocycles. The first kappa shape index (κ1) is 8.69. The average molecular weight is 185 g/mol. The van der Waals surface area contributed by atoms with Gasteiger partial charge in [-0.2, -0.15) is 5.10 Å². The fourth-order valence-electron chi connectivity index (χ4n) is 1.25. The number of fused-ring (bicyclic) bond motifs is 1. The van der Waals surface area contributed by atoms with Crippen LogP contribution < -0.4 is 5.01 Å². The van der Waals surface area contributed by atoms with Crippen molar-refractivity contribution in [1.29, 1.82) is 0 Å². The molecule has 0 aliphatic carbocycles. The zero-order chi connectivity index (χ0) is 9.97. The highest BCUT2D eigenvalue weighted by Gasteiger charge is 2.27. The summed E-state index contributed by atoms with van der Waals surface area (Å²) in [5.74, 6) is 0. The lowest BCUT2D eigenvalue weighted by molar-refractivity contribution is 1.22. The maximum Gasteiger partial charge on any atom is 0.0911 e. The van der Waals surface area contributed by atoms with Gasteiger partial charge in [-0.3, -0.25) is 4.99 Å². The molecule has 0 aromatic heterocycles. The van der Waals surface area contributed by atoms with Crippen LogP contribution in [0.4, 0.5) is 11.4 Å². The maximum atomic E-state index is 4.37. The van der Waals surface area contributed by atoms with Gasteiger partial charge in [-0.05, 0) is 31.9 Å². The van der Waals surface area contributed by atoms with Crippen LogP contribution in [-0.4, -0.2) is 12.4 Å². The van der Waals surface area contributed by atoms with E-state index >= 15 is 0 Å². The van der Waals surface area contributed by atoms with Crippen molar-refractivity contribution in [3.05, 3.63) is 36.5 Å². The van der Waals surface area contributed by atoms with Crippen LogP contribution in [0.5, 0.6) is 0 Å². The van der Waals surface area contributed by atoms with Crippen molar-refractivity contribution in [2.75, 3.05) is 5.01 Å². The molecule has 3 heteroatoms. The van der Waals surface area contributed by atoms with Crippen molar-refractivity contribution in [3.8, 4) is 0 Å². The zero-order valence-corrected chi connectivity index (χ0v) is 8.01. The summed E-state index contributed by atoms with van der Waals surface area (Å²) >= 11 is 0. The minimum absolute atomic E-state index is 0.911. The molecule has 0 fully saturated rings. The summed E-state index contributed by atoms with van der Waals surface area (Å²) in [6.45, 7) is 5.29. The van der Waals surface area contributed by atoms with E-state index in [4.69, 9.17) is 0 Å². The predicted octanol–water partition coefficient (Wildman–Crippen LogP) is 2.73. The number of hydrazone groups is 1. The summed E-state index contributed by atoms with van der Waals surface area (Å²) in [6.07, 6.45) is 3.46. The van der Waals surface area contributed by atoms with Gasteiger partial charge in [-0.25, -0.2) is 5.01 Å². The molecule has 70 valence electrons. The number of benzene rings is 1. The van der Waals surface area contributed by atoms with Gasteiger partial charge in [0, 0.05) is 6.20 Å². The monoisotopic (exact) mass is 185 g/mol. The van der Waals surface area contributed by atoms with Gasteiger partial charge in [0.05, 0.1) is 17.1 Å². The first-order chi connectivity index (χ1) is 6.83. The van der Waals surface area contributed by atoms with E-state index in [0.29, 0.717) is 0 Å². The van der Waals surface area contributed by atoms with Gasteiger partial charge in [0.15, 0.2) is 0 Å². The van der Waals surface area contributed by atoms with E-state index in [1.807, 2.05) is 42.3 Å². The summed E-state index contributed by atoms with van der Waals surface area (Å²) in [6, 6.07) is 8.10. The maximum absolute atomic E-state index is 4.37. The molecule has 0 amide bonds. The van der Waals surface area contributed by atoms with Crippen LogP contribution in [0.1, 0.15) is 6.92 Å². The van der Waals surface area contributed by atoms with Gasteiger partial charge >= 0.3 is 0 Å². The van der Waals surface area contributed by atoms with E-state index in [9.17, 15) is 0 Å². The Morgan fingerprint density at radius 1 is 1.36 bits per heavy atom. The second-order valence-electron chi connectivity index (χ2n) is 3.04. The van der Waals surface area contributed by atoms with E-state index in [2.05, 4.69) is 16.8 Å². The van der Waals surface area contributed by atoms with Gasteiger partial charge in [-0.1, -0.05) is 12.1 Å². The number of para-hydroxylation sites is 2. The zero-order valence-electron chi connectivity index (χ0n) is 8.01. The minimum atomic E-state index is 0.911. The van der Waals surface area contributed by atoms with E-state index in [1.54, 1.807) is 6.20 Å². The lowest BCUT2D eigenvalue weighted by Crippen LogP contribution is -1.93. The smallest absolute Gasteiger partial charge is 0.0911 e. The van der Waals surface area contributed by atoms with Gasteiger partial charge in [0.1, 0.15) is 0 Å². The third-order valence-corrected chi connectivity index (χ3v) is 1.97. The molecule has 2 rings (SSSR count). The van der Waals surface area contributed by atoms with Gasteiger partial charge in [0.2, 0.25) is 0 Å². The molecule has 0 spiro atoms. The second kappa shape index (κ2) is 3.46. The molecule has 1 heterocycles. The lowest BCUT2D eigenvalue weighted by Gasteiger charge is -1.93. The Balaban J connectivity index is 2.09. The summed E-state index contributed by atoms with van der Waals surface area (Å²) in [4.78, 5) is 3.62. The standard InChI is InChI=1S/C11H11N3/c1-9(7-8-12-2)13-14-10-5-3-4-6-11(10)14/h3-8H,2H2,1H3/b8-7+,13-9-. The normalized spacial score (nSPS) is 14.4. The fraction of sp³-hybridized carbons (Fsp3) is 0.0909. The Labute approximate surface area is 83.1 Å². The number of allylic oxidation sites excluding steroid dienone is 1. The van der Waals surface area contributed by atoms with Crippen LogP contribution in [0, 0.1) is 0 Å². The number of rotatable bonds is 3. The molecular weight excluding hydrogens is 174 g/mol. The van der Waals surface area contributed by atoms with Crippen molar-refractivity contribution >= 4 is 23.8 Å². The molecule has 0 atom stereocenters. The summed E-state index contributed by atoms with van der Waals surface area (Å²) in [7, 11) is 0. The lowest BCUT2D eigenvalue weighted by atomic mass is 10.4. The third-order valence-electron chi connectivity index (χ3n) is 1.97. The summed E-state index contributed by atoms with van der Waals surface area (Å²) in [5.41, 5.74) is 3.26. The Bertz CT molecular complexity index is 395. The number of hydrogen-bond donors (Lipinski definition) is 0. The first-order valence-electron chi connectivity index (χ1n) is 4.39. The minimum Gasteiger partial charge on any atom is -0.272 e.